The zero-order valence-corrected chi connectivity index (χ0v) is 14.0. The summed E-state index contributed by atoms with van der Waals surface area (Å²) in [4.78, 5) is 12.5. The van der Waals surface area contributed by atoms with Crippen molar-refractivity contribution < 1.29 is 13.9 Å². The van der Waals surface area contributed by atoms with Gasteiger partial charge in [-0.15, -0.1) is 12.4 Å². The van der Waals surface area contributed by atoms with Crippen molar-refractivity contribution in [1.29, 1.82) is 0 Å². The molecular formula is C15H21ClN4O3. The maximum Gasteiger partial charge on any atom is 0.272 e. The molecule has 3 N–H and O–H groups in total. The molecule has 0 aromatic carbocycles. The van der Waals surface area contributed by atoms with Gasteiger partial charge in [-0.05, 0) is 19.1 Å². The van der Waals surface area contributed by atoms with Crippen LogP contribution in [0.15, 0.2) is 16.5 Å². The molecule has 1 aliphatic rings. The van der Waals surface area contributed by atoms with Gasteiger partial charge in [0.15, 0.2) is 5.69 Å². The van der Waals surface area contributed by atoms with Gasteiger partial charge in [-0.2, -0.15) is 5.10 Å². The summed E-state index contributed by atoms with van der Waals surface area (Å²) in [5.74, 6) is 1.25. The number of aromatic amines is 1. The average Bonchev–Trinajstić information content (AvgIpc) is 3.13. The minimum Gasteiger partial charge on any atom is -0.464 e. The number of amides is 1. The number of halogens is 1. The summed E-state index contributed by atoms with van der Waals surface area (Å²) in [7, 11) is 1.59. The van der Waals surface area contributed by atoms with E-state index in [1.54, 1.807) is 7.11 Å². The minimum absolute atomic E-state index is 0. The molecule has 0 saturated carbocycles. The first-order chi connectivity index (χ1) is 10.7. The summed E-state index contributed by atoms with van der Waals surface area (Å²) >= 11 is 0. The fourth-order valence-corrected chi connectivity index (χ4v) is 2.64. The van der Waals surface area contributed by atoms with E-state index in [0.29, 0.717) is 24.6 Å². The quantitative estimate of drug-likeness (QED) is 0.767. The number of hydrogen-bond donors (Lipinski definition) is 3. The first-order valence-corrected chi connectivity index (χ1v) is 7.32. The SMILES string of the molecule is COCC(NC(=O)c1n[nH]c2c1CNCC2)c1ccc(C)o1.Cl. The van der Waals surface area contributed by atoms with E-state index in [1.807, 2.05) is 19.1 Å². The number of methoxy groups -OCH3 is 1. The smallest absolute Gasteiger partial charge is 0.272 e. The highest BCUT2D eigenvalue weighted by molar-refractivity contribution is 5.94. The highest BCUT2D eigenvalue weighted by Crippen LogP contribution is 2.19. The van der Waals surface area contributed by atoms with Crippen molar-refractivity contribution in [2.24, 2.45) is 0 Å². The van der Waals surface area contributed by atoms with Crippen LogP contribution in [-0.2, 0) is 17.7 Å². The third kappa shape index (κ3) is 3.74. The molecule has 0 bridgehead atoms. The number of carbonyl (C=O) groups excluding carboxylic acids is 1. The van der Waals surface area contributed by atoms with Crippen LogP contribution in [0.3, 0.4) is 0 Å². The molecule has 7 nitrogen and oxygen atoms in total. The average molecular weight is 341 g/mol. The molecule has 1 atom stereocenters. The van der Waals surface area contributed by atoms with Crippen LogP contribution in [0.1, 0.15) is 39.3 Å². The highest BCUT2D eigenvalue weighted by atomic mass is 35.5. The van der Waals surface area contributed by atoms with E-state index in [2.05, 4.69) is 20.8 Å². The molecule has 2 aromatic heterocycles. The Hall–Kier alpha value is -1.83. The second-order valence-corrected chi connectivity index (χ2v) is 5.39. The van der Waals surface area contributed by atoms with E-state index in [4.69, 9.17) is 9.15 Å². The van der Waals surface area contributed by atoms with Gasteiger partial charge >= 0.3 is 0 Å². The van der Waals surface area contributed by atoms with Gasteiger partial charge in [0, 0.05) is 37.9 Å². The predicted octanol–water partition coefficient (Wildman–Crippen LogP) is 1.50. The lowest BCUT2D eigenvalue weighted by Gasteiger charge is -2.17. The van der Waals surface area contributed by atoms with Gasteiger partial charge in [-0.1, -0.05) is 0 Å². The van der Waals surface area contributed by atoms with Crippen molar-refractivity contribution in [3.8, 4) is 0 Å². The number of carbonyl (C=O) groups is 1. The Morgan fingerprint density at radius 1 is 1.52 bits per heavy atom. The molecule has 3 rings (SSSR count). The summed E-state index contributed by atoms with van der Waals surface area (Å²) in [6.45, 7) is 3.76. The van der Waals surface area contributed by atoms with Crippen LogP contribution in [-0.4, -0.2) is 36.4 Å². The van der Waals surface area contributed by atoms with Crippen molar-refractivity contribution >= 4 is 18.3 Å². The van der Waals surface area contributed by atoms with Gasteiger partial charge in [0.25, 0.3) is 5.91 Å². The van der Waals surface area contributed by atoms with Crippen LogP contribution < -0.4 is 10.6 Å². The van der Waals surface area contributed by atoms with E-state index in [0.717, 1.165) is 30.0 Å². The molecule has 126 valence electrons. The number of aryl methyl sites for hydroxylation is 1. The summed E-state index contributed by atoms with van der Waals surface area (Å²) < 4.78 is 10.8. The Balaban J connectivity index is 0.00000192. The molecule has 23 heavy (non-hydrogen) atoms. The number of rotatable bonds is 5. The predicted molar refractivity (Wildman–Crippen MR) is 86.8 cm³/mol. The molecule has 1 unspecified atom stereocenters. The number of nitrogens with one attached hydrogen (secondary N) is 3. The molecule has 3 heterocycles. The minimum atomic E-state index is -0.338. The maximum absolute atomic E-state index is 12.5. The summed E-state index contributed by atoms with van der Waals surface area (Å²) in [6, 6.07) is 3.38. The lowest BCUT2D eigenvalue weighted by atomic mass is 10.1. The largest absolute Gasteiger partial charge is 0.464 e. The number of fused-ring (bicyclic) bond motifs is 1. The van der Waals surface area contributed by atoms with Gasteiger partial charge < -0.3 is 19.8 Å². The van der Waals surface area contributed by atoms with Crippen LogP contribution in [0.4, 0.5) is 0 Å². The standard InChI is InChI=1S/C15H20N4O3.ClH/c1-9-3-4-13(22-9)12(8-21-2)17-15(20)14-10-7-16-6-5-11(10)18-19-14;/h3-4,12,16H,5-8H2,1-2H3,(H,17,20)(H,18,19);1H. The molecule has 0 radical (unpaired) electrons. The second-order valence-electron chi connectivity index (χ2n) is 5.39. The fraction of sp³-hybridized carbons (Fsp3) is 0.467. The highest BCUT2D eigenvalue weighted by Gasteiger charge is 2.25. The fourth-order valence-electron chi connectivity index (χ4n) is 2.64. The number of H-pyrrole nitrogens is 1. The number of ether oxygens (including phenoxy) is 1. The Morgan fingerprint density at radius 3 is 3.04 bits per heavy atom. The van der Waals surface area contributed by atoms with Gasteiger partial charge in [0.1, 0.15) is 17.6 Å². The normalized spacial score (nSPS) is 14.7. The van der Waals surface area contributed by atoms with Gasteiger partial charge in [0.2, 0.25) is 0 Å². The molecule has 2 aromatic rings. The summed E-state index contributed by atoms with van der Waals surface area (Å²) in [5, 5.41) is 13.3. The molecule has 8 heteroatoms. The second kappa shape index (κ2) is 7.63. The van der Waals surface area contributed by atoms with Crippen molar-refractivity contribution in [2.75, 3.05) is 20.3 Å². The van der Waals surface area contributed by atoms with Crippen LogP contribution in [0.2, 0.25) is 0 Å². The molecule has 0 spiro atoms. The van der Waals surface area contributed by atoms with Crippen LogP contribution in [0.5, 0.6) is 0 Å². The zero-order valence-electron chi connectivity index (χ0n) is 13.1. The third-order valence-corrected chi connectivity index (χ3v) is 3.76. The molecule has 0 aliphatic carbocycles. The summed E-state index contributed by atoms with van der Waals surface area (Å²) in [5.41, 5.74) is 2.41. The molecular weight excluding hydrogens is 320 g/mol. The number of hydrogen-bond acceptors (Lipinski definition) is 5. The van der Waals surface area contributed by atoms with Crippen molar-refractivity contribution in [3.63, 3.8) is 0 Å². The van der Waals surface area contributed by atoms with Gasteiger partial charge in [-0.25, -0.2) is 0 Å². The Bertz CT molecular complexity index is 667. The third-order valence-electron chi connectivity index (χ3n) is 3.76. The monoisotopic (exact) mass is 340 g/mol. The van der Waals surface area contributed by atoms with E-state index >= 15 is 0 Å². The number of furan rings is 1. The van der Waals surface area contributed by atoms with Gasteiger partial charge in [0.05, 0.1) is 6.61 Å². The Labute approximate surface area is 140 Å². The van der Waals surface area contributed by atoms with E-state index < -0.39 is 0 Å². The molecule has 1 aliphatic heterocycles. The summed E-state index contributed by atoms with van der Waals surface area (Å²) in [6.07, 6.45) is 0.856. The van der Waals surface area contributed by atoms with Crippen molar-refractivity contribution in [3.05, 3.63) is 40.6 Å². The first-order valence-electron chi connectivity index (χ1n) is 7.32. The van der Waals surface area contributed by atoms with Crippen molar-refractivity contribution in [2.45, 2.75) is 25.9 Å². The van der Waals surface area contributed by atoms with Crippen LogP contribution in [0.25, 0.3) is 0 Å². The van der Waals surface area contributed by atoms with Gasteiger partial charge in [-0.3, -0.25) is 9.89 Å². The molecule has 0 saturated heterocycles. The maximum atomic E-state index is 12.5. The zero-order chi connectivity index (χ0) is 15.5. The lowest BCUT2D eigenvalue weighted by molar-refractivity contribution is 0.0876. The molecule has 0 fully saturated rings. The van der Waals surface area contributed by atoms with Crippen LogP contribution >= 0.6 is 12.4 Å². The number of nitrogens with zero attached hydrogens (tertiary/aromatic N) is 1. The molecule has 1 amide bonds. The van der Waals surface area contributed by atoms with Crippen LogP contribution in [0, 0.1) is 6.92 Å². The number of aromatic nitrogens is 2. The Morgan fingerprint density at radius 2 is 2.35 bits per heavy atom. The van der Waals surface area contributed by atoms with E-state index in [1.165, 1.54) is 0 Å². The van der Waals surface area contributed by atoms with Crippen molar-refractivity contribution in [1.82, 2.24) is 20.8 Å². The topological polar surface area (TPSA) is 92.2 Å². The Kier molecular flexibility index (Phi) is 5.81. The first kappa shape index (κ1) is 17.5. The van der Waals surface area contributed by atoms with E-state index in [-0.39, 0.29) is 24.4 Å². The lowest BCUT2D eigenvalue weighted by Crippen LogP contribution is -2.33. The van der Waals surface area contributed by atoms with E-state index in [9.17, 15) is 4.79 Å².